The van der Waals surface area contributed by atoms with Crippen molar-refractivity contribution in [2.45, 2.75) is 26.1 Å². The third kappa shape index (κ3) is 1.40. The fourth-order valence-electron chi connectivity index (χ4n) is 1.66. The van der Waals surface area contributed by atoms with E-state index >= 15 is 0 Å². The molecule has 0 aromatic carbocycles. The Labute approximate surface area is 88.5 Å². The summed E-state index contributed by atoms with van der Waals surface area (Å²) >= 11 is 5.82. The van der Waals surface area contributed by atoms with E-state index in [-0.39, 0.29) is 0 Å². The van der Waals surface area contributed by atoms with Crippen LogP contribution < -0.4 is 0 Å². The molecule has 0 amide bonds. The van der Waals surface area contributed by atoms with Gasteiger partial charge in [0.2, 0.25) is 0 Å². The van der Waals surface area contributed by atoms with Gasteiger partial charge in [-0.15, -0.1) is 11.6 Å². The Morgan fingerprint density at radius 2 is 2.21 bits per heavy atom. The molecule has 2 aromatic heterocycles. The average Bonchev–Trinajstić information content (AvgIpc) is 2.55. The Kier molecular flexibility index (Phi) is 2.46. The van der Waals surface area contributed by atoms with Gasteiger partial charge in [-0.3, -0.25) is 0 Å². The number of aryl methyl sites for hydroxylation is 2. The first-order valence-electron chi connectivity index (χ1n) is 4.78. The minimum absolute atomic E-state index is 0.475. The molecule has 0 N–H and O–H groups in total. The summed E-state index contributed by atoms with van der Waals surface area (Å²) in [7, 11) is 0. The fourth-order valence-corrected chi connectivity index (χ4v) is 1.86. The number of pyridine rings is 1. The second-order valence-electron chi connectivity index (χ2n) is 3.39. The number of alkyl halides is 1. The van der Waals surface area contributed by atoms with E-state index in [0.29, 0.717) is 5.88 Å². The summed E-state index contributed by atoms with van der Waals surface area (Å²) in [6.07, 6.45) is 3.18. The molecule has 0 aliphatic rings. The molecule has 0 spiro atoms. The lowest BCUT2D eigenvalue weighted by Crippen LogP contribution is -1.90. The van der Waals surface area contributed by atoms with Crippen LogP contribution in [-0.4, -0.2) is 9.38 Å². The molecule has 2 nitrogen and oxygen atoms in total. The number of imidazole rings is 1. The maximum absolute atomic E-state index is 5.82. The Bertz CT molecular complexity index is 460. The smallest absolute Gasteiger partial charge is 0.110 e. The molecule has 0 aliphatic carbocycles. The second kappa shape index (κ2) is 3.62. The highest BCUT2D eigenvalue weighted by Crippen LogP contribution is 2.16. The lowest BCUT2D eigenvalue weighted by atomic mass is 10.2. The lowest BCUT2D eigenvalue weighted by molar-refractivity contribution is 1.00. The number of nitrogens with zero attached hydrogens (tertiary/aromatic N) is 2. The van der Waals surface area contributed by atoms with Crippen LogP contribution in [0.2, 0.25) is 0 Å². The topological polar surface area (TPSA) is 17.3 Å². The predicted molar refractivity (Wildman–Crippen MR) is 58.9 cm³/mol. The molecule has 0 atom stereocenters. The summed E-state index contributed by atoms with van der Waals surface area (Å²) < 4.78 is 2.11. The van der Waals surface area contributed by atoms with Crippen molar-refractivity contribution in [2.75, 3.05) is 0 Å². The van der Waals surface area contributed by atoms with Crippen molar-refractivity contribution in [1.82, 2.24) is 9.38 Å². The molecule has 0 radical (unpaired) electrons. The summed E-state index contributed by atoms with van der Waals surface area (Å²) in [5.74, 6) is 1.48. The van der Waals surface area contributed by atoms with Crippen molar-refractivity contribution in [1.29, 1.82) is 0 Å². The van der Waals surface area contributed by atoms with Gasteiger partial charge in [-0.2, -0.15) is 0 Å². The van der Waals surface area contributed by atoms with Crippen LogP contribution in [0.5, 0.6) is 0 Å². The number of aromatic nitrogens is 2. The van der Waals surface area contributed by atoms with Crippen molar-refractivity contribution in [3.8, 4) is 0 Å². The minimum Gasteiger partial charge on any atom is -0.303 e. The van der Waals surface area contributed by atoms with Crippen molar-refractivity contribution in [3.05, 3.63) is 35.4 Å². The summed E-state index contributed by atoms with van der Waals surface area (Å²) in [4.78, 5) is 4.41. The van der Waals surface area contributed by atoms with E-state index in [9.17, 15) is 0 Å². The van der Waals surface area contributed by atoms with E-state index in [2.05, 4.69) is 34.6 Å². The summed E-state index contributed by atoms with van der Waals surface area (Å²) in [5.41, 5.74) is 3.40. The normalized spacial score (nSPS) is 11.1. The zero-order chi connectivity index (χ0) is 10.1. The maximum Gasteiger partial charge on any atom is 0.110 e. The van der Waals surface area contributed by atoms with Crippen molar-refractivity contribution >= 4 is 17.1 Å². The van der Waals surface area contributed by atoms with Gasteiger partial charge in [-0.05, 0) is 25.0 Å². The first kappa shape index (κ1) is 9.53. The minimum atomic E-state index is 0.475. The van der Waals surface area contributed by atoms with Gasteiger partial charge < -0.3 is 4.40 Å². The molecular formula is C11H13ClN2. The van der Waals surface area contributed by atoms with Gasteiger partial charge in [-0.1, -0.05) is 13.0 Å². The molecule has 0 bridgehead atoms. The van der Waals surface area contributed by atoms with Crippen molar-refractivity contribution in [3.63, 3.8) is 0 Å². The molecule has 14 heavy (non-hydrogen) atoms. The summed E-state index contributed by atoms with van der Waals surface area (Å²) in [5, 5.41) is 0. The van der Waals surface area contributed by atoms with Gasteiger partial charge >= 0.3 is 0 Å². The summed E-state index contributed by atoms with van der Waals surface area (Å²) in [6.45, 7) is 4.15. The van der Waals surface area contributed by atoms with Gasteiger partial charge in [0.1, 0.15) is 5.82 Å². The van der Waals surface area contributed by atoms with E-state index in [1.54, 1.807) is 0 Å². The van der Waals surface area contributed by atoms with E-state index in [0.717, 1.165) is 23.5 Å². The maximum atomic E-state index is 5.82. The van der Waals surface area contributed by atoms with Gasteiger partial charge in [0.15, 0.2) is 0 Å². The fraction of sp³-hybridized carbons (Fsp3) is 0.364. The lowest BCUT2D eigenvalue weighted by Gasteiger charge is -2.00. The number of hydrogen-bond donors (Lipinski definition) is 0. The highest BCUT2D eigenvalue weighted by molar-refractivity contribution is 6.17. The van der Waals surface area contributed by atoms with Gasteiger partial charge in [0, 0.05) is 6.20 Å². The van der Waals surface area contributed by atoms with E-state index in [1.807, 2.05) is 6.92 Å². The number of fused-ring (bicyclic) bond motifs is 1. The SMILES string of the molecule is CCc1ccc2c(CCl)nc(C)n2c1. The van der Waals surface area contributed by atoms with Crippen LogP contribution in [0.25, 0.3) is 5.52 Å². The molecular weight excluding hydrogens is 196 g/mol. The molecule has 74 valence electrons. The van der Waals surface area contributed by atoms with E-state index < -0.39 is 0 Å². The number of hydrogen-bond acceptors (Lipinski definition) is 1. The van der Waals surface area contributed by atoms with E-state index in [1.165, 1.54) is 5.56 Å². The van der Waals surface area contributed by atoms with Crippen LogP contribution in [-0.2, 0) is 12.3 Å². The van der Waals surface area contributed by atoms with Crippen LogP contribution in [0.4, 0.5) is 0 Å². The Hall–Kier alpha value is -1.02. The Morgan fingerprint density at radius 3 is 2.86 bits per heavy atom. The monoisotopic (exact) mass is 208 g/mol. The molecule has 2 rings (SSSR count). The molecule has 0 saturated heterocycles. The first-order valence-corrected chi connectivity index (χ1v) is 5.32. The van der Waals surface area contributed by atoms with Gasteiger partial charge in [0.25, 0.3) is 0 Å². The molecule has 3 heteroatoms. The number of halogens is 1. The molecule has 0 aliphatic heterocycles. The predicted octanol–water partition coefficient (Wildman–Crippen LogP) is 2.94. The Balaban J connectivity index is 2.70. The van der Waals surface area contributed by atoms with Crippen LogP contribution in [0, 0.1) is 6.92 Å². The van der Waals surface area contributed by atoms with Crippen molar-refractivity contribution < 1.29 is 0 Å². The van der Waals surface area contributed by atoms with Crippen LogP contribution >= 0.6 is 11.6 Å². The Morgan fingerprint density at radius 1 is 1.43 bits per heavy atom. The number of rotatable bonds is 2. The molecule has 0 fully saturated rings. The summed E-state index contributed by atoms with van der Waals surface area (Å²) in [6, 6.07) is 4.23. The van der Waals surface area contributed by atoms with Crippen LogP contribution in [0.3, 0.4) is 0 Å². The van der Waals surface area contributed by atoms with Crippen LogP contribution in [0.1, 0.15) is 24.0 Å². The highest BCUT2D eigenvalue weighted by Gasteiger charge is 2.06. The zero-order valence-electron chi connectivity index (χ0n) is 8.42. The van der Waals surface area contributed by atoms with Gasteiger partial charge in [-0.25, -0.2) is 4.98 Å². The second-order valence-corrected chi connectivity index (χ2v) is 3.65. The third-order valence-electron chi connectivity index (χ3n) is 2.49. The molecule has 0 unspecified atom stereocenters. The standard InChI is InChI=1S/C11H13ClN2/c1-3-9-4-5-11-10(6-12)13-8(2)14(11)7-9/h4-5,7H,3,6H2,1-2H3. The van der Waals surface area contributed by atoms with Crippen LogP contribution in [0.15, 0.2) is 18.3 Å². The highest BCUT2D eigenvalue weighted by atomic mass is 35.5. The van der Waals surface area contributed by atoms with E-state index in [4.69, 9.17) is 11.6 Å². The molecule has 2 aromatic rings. The van der Waals surface area contributed by atoms with Gasteiger partial charge in [0.05, 0.1) is 17.1 Å². The third-order valence-corrected chi connectivity index (χ3v) is 2.74. The first-order chi connectivity index (χ1) is 6.76. The quantitative estimate of drug-likeness (QED) is 0.694. The van der Waals surface area contributed by atoms with Crippen molar-refractivity contribution in [2.24, 2.45) is 0 Å². The largest absolute Gasteiger partial charge is 0.303 e. The zero-order valence-corrected chi connectivity index (χ0v) is 9.17. The molecule has 0 saturated carbocycles. The molecule has 2 heterocycles. The average molecular weight is 209 g/mol.